The molecule has 0 radical (unpaired) electrons. The summed E-state index contributed by atoms with van der Waals surface area (Å²) in [4.78, 5) is 23.9. The molecule has 1 heterocycles. The van der Waals surface area contributed by atoms with Crippen molar-refractivity contribution in [3.8, 4) is 5.75 Å². The quantitative estimate of drug-likeness (QED) is 0.291. The number of aromatic nitrogens is 1. The molecular formula is C31H34N2O4. The molecule has 1 amide bonds. The van der Waals surface area contributed by atoms with Gasteiger partial charge in [0.1, 0.15) is 5.75 Å². The van der Waals surface area contributed by atoms with Gasteiger partial charge < -0.3 is 19.7 Å². The molecule has 0 aliphatic carbocycles. The molecule has 0 aliphatic heterocycles. The van der Waals surface area contributed by atoms with Crippen LogP contribution in [-0.2, 0) is 17.9 Å². The van der Waals surface area contributed by atoms with Gasteiger partial charge in [0.2, 0.25) is 0 Å². The molecule has 4 aromatic rings. The fraction of sp³-hybridized carbons (Fsp3) is 0.290. The molecular weight excluding hydrogens is 464 g/mol. The lowest BCUT2D eigenvalue weighted by molar-refractivity contribution is -0.139. The zero-order chi connectivity index (χ0) is 26.7. The number of aliphatic carboxylic acids is 1. The Labute approximate surface area is 217 Å². The lowest BCUT2D eigenvalue weighted by Gasteiger charge is -2.12. The van der Waals surface area contributed by atoms with Crippen molar-refractivity contribution in [2.24, 2.45) is 0 Å². The first kappa shape index (κ1) is 26.0. The highest BCUT2D eigenvalue weighted by Gasteiger charge is 2.15. The maximum absolute atomic E-state index is 13.0. The Bertz CT molecular complexity index is 1470. The monoisotopic (exact) mass is 498 g/mol. The van der Waals surface area contributed by atoms with Gasteiger partial charge in [0.25, 0.3) is 5.91 Å². The van der Waals surface area contributed by atoms with Gasteiger partial charge in [0.05, 0.1) is 0 Å². The number of carboxylic acids is 1. The van der Waals surface area contributed by atoms with E-state index in [1.54, 1.807) is 0 Å². The first-order valence-corrected chi connectivity index (χ1v) is 12.5. The summed E-state index contributed by atoms with van der Waals surface area (Å²) in [6, 6.07) is 20.0. The van der Waals surface area contributed by atoms with Crippen molar-refractivity contribution >= 4 is 22.8 Å². The van der Waals surface area contributed by atoms with Crippen LogP contribution in [0.3, 0.4) is 0 Å². The van der Waals surface area contributed by atoms with E-state index in [-0.39, 0.29) is 12.5 Å². The van der Waals surface area contributed by atoms with E-state index in [2.05, 4.69) is 55.8 Å². The van der Waals surface area contributed by atoms with E-state index in [9.17, 15) is 9.59 Å². The molecule has 0 aliphatic rings. The molecule has 2 N–H and O–H groups in total. The average Bonchev–Trinajstić information content (AvgIpc) is 3.10. The van der Waals surface area contributed by atoms with Gasteiger partial charge in [-0.05, 0) is 84.8 Å². The molecule has 37 heavy (non-hydrogen) atoms. The number of carbonyl (C=O) groups is 2. The Kier molecular flexibility index (Phi) is 7.67. The summed E-state index contributed by atoms with van der Waals surface area (Å²) in [5.41, 5.74) is 8.29. The second-order valence-electron chi connectivity index (χ2n) is 9.95. The number of benzene rings is 3. The molecule has 1 aromatic heterocycles. The summed E-state index contributed by atoms with van der Waals surface area (Å²) < 4.78 is 7.63. The fourth-order valence-corrected chi connectivity index (χ4v) is 4.67. The Morgan fingerprint density at radius 2 is 1.76 bits per heavy atom. The van der Waals surface area contributed by atoms with Gasteiger partial charge in [0, 0.05) is 35.2 Å². The number of aryl methyl sites for hydroxylation is 2. The van der Waals surface area contributed by atoms with Crippen LogP contribution in [0.15, 0.2) is 60.7 Å². The first-order chi connectivity index (χ1) is 17.6. The van der Waals surface area contributed by atoms with E-state index in [0.29, 0.717) is 30.3 Å². The van der Waals surface area contributed by atoms with E-state index >= 15 is 0 Å². The third-order valence-corrected chi connectivity index (χ3v) is 6.79. The molecule has 0 fully saturated rings. The highest BCUT2D eigenvalue weighted by Crippen LogP contribution is 2.28. The predicted octanol–water partition coefficient (Wildman–Crippen LogP) is 6.13. The van der Waals surface area contributed by atoms with Crippen LogP contribution in [0.25, 0.3) is 10.9 Å². The van der Waals surface area contributed by atoms with Crippen molar-refractivity contribution < 1.29 is 19.4 Å². The van der Waals surface area contributed by atoms with Gasteiger partial charge in [-0.25, -0.2) is 4.79 Å². The third-order valence-electron chi connectivity index (χ3n) is 6.79. The molecule has 6 nitrogen and oxygen atoms in total. The number of nitrogens with one attached hydrogen (secondary N) is 1. The normalized spacial score (nSPS) is 11.2. The largest absolute Gasteiger partial charge is 0.482 e. The number of amides is 1. The van der Waals surface area contributed by atoms with Crippen LogP contribution in [0.4, 0.5) is 0 Å². The van der Waals surface area contributed by atoms with Crippen LogP contribution in [0.2, 0.25) is 0 Å². The number of hydrogen-bond donors (Lipinski definition) is 2. The minimum atomic E-state index is -1.00. The molecule has 0 saturated heterocycles. The van der Waals surface area contributed by atoms with Crippen molar-refractivity contribution in [2.45, 2.75) is 53.6 Å². The molecule has 0 bridgehead atoms. The molecule has 6 heteroatoms. The lowest BCUT2D eigenvalue weighted by Crippen LogP contribution is -2.22. The van der Waals surface area contributed by atoms with E-state index in [1.165, 1.54) is 5.56 Å². The highest BCUT2D eigenvalue weighted by atomic mass is 16.5. The predicted molar refractivity (Wildman–Crippen MR) is 147 cm³/mol. The van der Waals surface area contributed by atoms with Crippen molar-refractivity contribution in [3.05, 3.63) is 99.7 Å². The molecule has 0 spiro atoms. The topological polar surface area (TPSA) is 80.6 Å². The van der Waals surface area contributed by atoms with Crippen molar-refractivity contribution in [1.82, 2.24) is 9.88 Å². The van der Waals surface area contributed by atoms with Gasteiger partial charge in [-0.3, -0.25) is 4.79 Å². The average molecular weight is 499 g/mol. The molecule has 192 valence electrons. The maximum Gasteiger partial charge on any atom is 0.341 e. The molecule has 0 saturated carbocycles. The van der Waals surface area contributed by atoms with Crippen LogP contribution in [0, 0.1) is 20.8 Å². The summed E-state index contributed by atoms with van der Waals surface area (Å²) in [6.45, 7) is 11.2. The first-order valence-electron chi connectivity index (χ1n) is 12.5. The number of nitrogens with zero attached hydrogens (tertiary/aromatic N) is 1. The third kappa shape index (κ3) is 6.02. The summed E-state index contributed by atoms with van der Waals surface area (Å²) in [5.74, 6) is -0.117. The number of rotatable bonds is 9. The van der Waals surface area contributed by atoms with Crippen molar-refractivity contribution in [1.29, 1.82) is 0 Å². The lowest BCUT2D eigenvalue weighted by atomic mass is 10.0. The molecule has 0 unspecified atom stereocenters. The standard InChI is InChI=1S/C31H34N2O4/c1-19(2)25-8-6-7-23(13-25)16-32-31(36)26-9-10-29-28(15-26)21(4)22(5)33(29)17-24-11-20(3)12-27(14-24)37-18-30(34)35/h6-15,19H,16-18H2,1-5H3,(H,32,36)(H,34,35). The Balaban J connectivity index is 1.55. The van der Waals surface area contributed by atoms with Crippen LogP contribution >= 0.6 is 0 Å². The Hall–Kier alpha value is -4.06. The van der Waals surface area contributed by atoms with Crippen LogP contribution < -0.4 is 10.1 Å². The Morgan fingerprint density at radius 1 is 0.973 bits per heavy atom. The summed E-state index contributed by atoms with van der Waals surface area (Å²) in [7, 11) is 0. The van der Waals surface area contributed by atoms with E-state index < -0.39 is 5.97 Å². The molecule has 0 atom stereocenters. The SMILES string of the molecule is Cc1cc(Cn2c(C)c(C)c3cc(C(=O)NCc4cccc(C(C)C)c4)ccc32)cc(OCC(=O)O)c1. The highest BCUT2D eigenvalue weighted by molar-refractivity contribution is 5.99. The molecule has 3 aromatic carbocycles. The van der Waals surface area contributed by atoms with Crippen molar-refractivity contribution in [2.75, 3.05) is 6.61 Å². The minimum absolute atomic E-state index is 0.0967. The zero-order valence-corrected chi connectivity index (χ0v) is 22.1. The van der Waals surface area contributed by atoms with Gasteiger partial charge in [-0.15, -0.1) is 0 Å². The summed E-state index contributed by atoms with van der Waals surface area (Å²) in [5, 5.41) is 13.0. The van der Waals surface area contributed by atoms with Gasteiger partial charge in [0.15, 0.2) is 6.61 Å². The minimum Gasteiger partial charge on any atom is -0.482 e. The second-order valence-corrected chi connectivity index (χ2v) is 9.95. The van der Waals surface area contributed by atoms with E-state index in [0.717, 1.165) is 38.9 Å². The number of ether oxygens (including phenoxy) is 1. The fourth-order valence-electron chi connectivity index (χ4n) is 4.67. The number of fused-ring (bicyclic) bond motifs is 1. The second kappa shape index (κ2) is 10.9. The number of hydrogen-bond acceptors (Lipinski definition) is 3. The smallest absolute Gasteiger partial charge is 0.341 e. The summed E-state index contributed by atoms with van der Waals surface area (Å²) >= 11 is 0. The van der Waals surface area contributed by atoms with Gasteiger partial charge in [-0.2, -0.15) is 0 Å². The maximum atomic E-state index is 13.0. The Morgan fingerprint density at radius 3 is 2.49 bits per heavy atom. The van der Waals surface area contributed by atoms with Crippen LogP contribution in [0.1, 0.15) is 63.6 Å². The van der Waals surface area contributed by atoms with Crippen LogP contribution in [0.5, 0.6) is 5.75 Å². The van der Waals surface area contributed by atoms with Gasteiger partial charge >= 0.3 is 5.97 Å². The number of carbonyl (C=O) groups excluding carboxylic acids is 1. The van der Waals surface area contributed by atoms with Crippen molar-refractivity contribution in [3.63, 3.8) is 0 Å². The van der Waals surface area contributed by atoms with E-state index in [1.807, 2.05) is 49.4 Å². The number of carboxylic acid groups (broad SMARTS) is 1. The zero-order valence-electron chi connectivity index (χ0n) is 22.1. The molecule has 4 rings (SSSR count). The van der Waals surface area contributed by atoms with E-state index in [4.69, 9.17) is 9.84 Å². The van der Waals surface area contributed by atoms with Crippen LogP contribution in [-0.4, -0.2) is 28.2 Å². The van der Waals surface area contributed by atoms with Gasteiger partial charge in [-0.1, -0.05) is 44.2 Å². The summed E-state index contributed by atoms with van der Waals surface area (Å²) in [6.07, 6.45) is 0.